The first-order chi connectivity index (χ1) is 22.4. The maximum absolute atomic E-state index is 14.5. The Balaban J connectivity index is 1.66. The normalized spacial score (nSPS) is 11.7. The fourth-order valence-electron chi connectivity index (χ4n) is 5.40. The molecule has 0 radical (unpaired) electrons. The van der Waals surface area contributed by atoms with Crippen molar-refractivity contribution in [2.75, 3.05) is 37.9 Å². The number of benzene rings is 4. The zero-order valence-corrected chi connectivity index (χ0v) is 25.9. The number of fused-ring (bicyclic) bond motifs is 2. The average Bonchev–Trinajstić information content (AvgIpc) is 3.64. The van der Waals surface area contributed by atoms with E-state index in [1.165, 1.54) is 44.5 Å². The first kappa shape index (κ1) is 31.6. The molecule has 242 valence electrons. The molecule has 0 fully saturated rings. The molecule has 2 aromatic heterocycles. The Morgan fingerprint density at radius 2 is 1.66 bits per heavy atom. The summed E-state index contributed by atoms with van der Waals surface area (Å²) < 4.78 is 86.6. The predicted octanol–water partition coefficient (Wildman–Crippen LogP) is 6.12. The predicted molar refractivity (Wildman–Crippen MR) is 169 cm³/mol. The highest BCUT2D eigenvalue weighted by Crippen LogP contribution is 2.44. The van der Waals surface area contributed by atoms with E-state index >= 15 is 0 Å². The van der Waals surface area contributed by atoms with Crippen molar-refractivity contribution in [3.05, 3.63) is 89.7 Å². The van der Waals surface area contributed by atoms with Crippen LogP contribution in [0.5, 0.6) is 5.75 Å². The van der Waals surface area contributed by atoms with Gasteiger partial charge >= 0.3 is 0 Å². The quantitative estimate of drug-likeness (QED) is 0.189. The van der Waals surface area contributed by atoms with E-state index in [0.29, 0.717) is 22.6 Å². The van der Waals surface area contributed by atoms with Gasteiger partial charge in [-0.05, 0) is 48.0 Å². The van der Waals surface area contributed by atoms with Crippen LogP contribution >= 0.6 is 0 Å². The molecule has 2 heterocycles. The first-order valence-corrected chi connectivity index (χ1v) is 15.9. The smallest absolute Gasteiger partial charge is 0.255 e. The molecular formula is C33H26F3N3O7S. The summed E-state index contributed by atoms with van der Waals surface area (Å²) in [4.78, 5) is 17.5. The molecule has 0 atom stereocenters. The summed E-state index contributed by atoms with van der Waals surface area (Å²) in [5, 5.41) is 12.7. The molecule has 6 rings (SSSR count). The zero-order valence-electron chi connectivity index (χ0n) is 25.1. The Morgan fingerprint density at radius 1 is 0.936 bits per heavy atom. The molecule has 0 aliphatic rings. The third-order valence-electron chi connectivity index (χ3n) is 7.49. The highest BCUT2D eigenvalue weighted by atomic mass is 32.2. The molecule has 0 saturated carbocycles. The van der Waals surface area contributed by atoms with Crippen molar-refractivity contribution in [3.63, 3.8) is 0 Å². The van der Waals surface area contributed by atoms with Crippen LogP contribution in [0.25, 0.3) is 56.0 Å². The van der Waals surface area contributed by atoms with E-state index in [9.17, 15) is 31.5 Å². The minimum absolute atomic E-state index is 0.0960. The fraction of sp³-hybridized carbons (Fsp3) is 0.152. The van der Waals surface area contributed by atoms with Crippen molar-refractivity contribution in [2.45, 2.75) is 0 Å². The van der Waals surface area contributed by atoms with Crippen LogP contribution in [0.15, 0.2) is 75.6 Å². The summed E-state index contributed by atoms with van der Waals surface area (Å²) in [6, 6.07) is 14.7. The van der Waals surface area contributed by atoms with Crippen LogP contribution in [0.4, 0.5) is 18.9 Å². The van der Waals surface area contributed by atoms with E-state index in [1.807, 2.05) is 0 Å². The Hall–Kier alpha value is -5.34. The number of halogens is 3. The fourth-order valence-corrected chi connectivity index (χ4v) is 6.32. The lowest BCUT2D eigenvalue weighted by Gasteiger charge is -2.24. The second kappa shape index (κ2) is 12.1. The largest absolute Gasteiger partial charge is 0.496 e. The van der Waals surface area contributed by atoms with Crippen molar-refractivity contribution in [1.82, 2.24) is 10.3 Å². The topological polar surface area (TPSA) is 135 Å². The van der Waals surface area contributed by atoms with E-state index < -0.39 is 40.0 Å². The number of aliphatic hydroxyl groups excluding tert-OH is 1. The molecule has 4 aromatic carbocycles. The number of aliphatic hydroxyl groups is 1. The van der Waals surface area contributed by atoms with Crippen molar-refractivity contribution in [3.8, 4) is 39.7 Å². The number of oxazole rings is 1. The minimum atomic E-state index is -3.98. The van der Waals surface area contributed by atoms with E-state index in [4.69, 9.17) is 13.6 Å². The van der Waals surface area contributed by atoms with E-state index in [-0.39, 0.29) is 63.0 Å². The molecule has 0 spiro atoms. The molecule has 0 saturated heterocycles. The Kier molecular flexibility index (Phi) is 8.15. The van der Waals surface area contributed by atoms with E-state index in [2.05, 4.69) is 10.3 Å². The number of furan rings is 1. The summed E-state index contributed by atoms with van der Waals surface area (Å²) in [6.07, 6.45) is 0.976. The molecule has 2 N–H and O–H groups in total. The Bertz CT molecular complexity index is 2280. The number of amides is 1. The number of ether oxygens (including phenoxy) is 1. The van der Waals surface area contributed by atoms with Crippen molar-refractivity contribution in [1.29, 1.82) is 0 Å². The molecule has 10 nitrogen and oxygen atoms in total. The number of nitrogens with one attached hydrogen (secondary N) is 1. The van der Waals surface area contributed by atoms with Crippen LogP contribution in [0, 0.1) is 17.5 Å². The van der Waals surface area contributed by atoms with Crippen molar-refractivity contribution in [2.24, 2.45) is 0 Å². The van der Waals surface area contributed by atoms with Gasteiger partial charge in [0.15, 0.2) is 11.4 Å². The van der Waals surface area contributed by atoms with Crippen LogP contribution in [0.1, 0.15) is 10.4 Å². The number of hydrogen-bond donors (Lipinski definition) is 2. The van der Waals surface area contributed by atoms with Crippen molar-refractivity contribution < 1.29 is 45.1 Å². The number of aromatic nitrogens is 1. The highest BCUT2D eigenvalue weighted by molar-refractivity contribution is 7.92. The Labute approximate surface area is 266 Å². The molecule has 1 amide bonds. The highest BCUT2D eigenvalue weighted by Gasteiger charge is 2.28. The third-order valence-corrected chi connectivity index (χ3v) is 8.67. The number of sulfonamides is 1. The number of anilines is 1. The molecule has 6 aromatic rings. The summed E-state index contributed by atoms with van der Waals surface area (Å²) >= 11 is 0. The van der Waals surface area contributed by atoms with Crippen LogP contribution < -0.4 is 14.4 Å². The molecular weight excluding hydrogens is 639 g/mol. The third kappa shape index (κ3) is 5.77. The average molecular weight is 666 g/mol. The lowest BCUT2D eigenvalue weighted by molar-refractivity contribution is 0.0964. The molecule has 14 heteroatoms. The number of nitrogens with zero attached hydrogens (tertiary/aromatic N) is 2. The van der Waals surface area contributed by atoms with Crippen LogP contribution in [-0.4, -0.2) is 58.0 Å². The maximum Gasteiger partial charge on any atom is 0.255 e. The van der Waals surface area contributed by atoms with E-state index in [0.717, 1.165) is 16.6 Å². The molecule has 0 unspecified atom stereocenters. The number of carbonyl (C=O) groups excluding carboxylic acids is 1. The molecule has 0 aliphatic heterocycles. The summed E-state index contributed by atoms with van der Waals surface area (Å²) in [7, 11) is -1.16. The van der Waals surface area contributed by atoms with Crippen LogP contribution in [0.3, 0.4) is 0 Å². The van der Waals surface area contributed by atoms with Gasteiger partial charge in [-0.25, -0.2) is 26.6 Å². The summed E-state index contributed by atoms with van der Waals surface area (Å²) in [6.45, 7) is -0.837. The first-order valence-electron chi connectivity index (χ1n) is 14.0. The van der Waals surface area contributed by atoms with Crippen LogP contribution in [-0.2, 0) is 10.0 Å². The number of methoxy groups -OCH3 is 1. The monoisotopic (exact) mass is 665 g/mol. The van der Waals surface area contributed by atoms with Gasteiger partial charge in [0.1, 0.15) is 34.2 Å². The number of hydrogen-bond acceptors (Lipinski definition) is 8. The van der Waals surface area contributed by atoms with Gasteiger partial charge in [0, 0.05) is 41.8 Å². The van der Waals surface area contributed by atoms with E-state index in [1.54, 1.807) is 24.3 Å². The molecule has 0 aliphatic carbocycles. The second-order valence-corrected chi connectivity index (χ2v) is 12.4. The van der Waals surface area contributed by atoms with Gasteiger partial charge < -0.3 is 24.0 Å². The van der Waals surface area contributed by atoms with Gasteiger partial charge in [-0.1, -0.05) is 6.07 Å². The standard InChI is InChI=1S/C33H26F3N3O7S/c1-37-32(41)29-22-15-21(18-6-9-26(44-2)23(12-18)33-38-30-24(36)13-20(35)14-28(30)46-33)25(39(10-11-40)47(3,42)43)16-27(22)45-31(29)17-4-7-19(34)8-5-17/h4-9,12-16,40H,10-11H2,1-3H3,(H,37,41). The van der Waals surface area contributed by atoms with Crippen molar-refractivity contribution >= 4 is 43.7 Å². The maximum atomic E-state index is 14.5. The Morgan fingerprint density at radius 3 is 2.32 bits per heavy atom. The summed E-state index contributed by atoms with van der Waals surface area (Å²) in [5.74, 6) is -2.52. The minimum Gasteiger partial charge on any atom is -0.496 e. The van der Waals surface area contributed by atoms with Gasteiger partial charge in [-0.2, -0.15) is 0 Å². The zero-order chi connectivity index (χ0) is 33.6. The lowest BCUT2D eigenvalue weighted by atomic mass is 9.97. The van der Waals surface area contributed by atoms with Gasteiger partial charge in [0.2, 0.25) is 15.9 Å². The second-order valence-electron chi connectivity index (χ2n) is 10.5. The summed E-state index contributed by atoms with van der Waals surface area (Å²) in [5.41, 5.74) is 1.29. The van der Waals surface area contributed by atoms with Gasteiger partial charge in [0.05, 0.1) is 43.3 Å². The molecule has 0 bridgehead atoms. The van der Waals surface area contributed by atoms with Gasteiger partial charge in [-0.15, -0.1) is 0 Å². The van der Waals surface area contributed by atoms with Gasteiger partial charge in [0.25, 0.3) is 5.91 Å². The number of rotatable bonds is 9. The lowest BCUT2D eigenvalue weighted by Crippen LogP contribution is -2.33. The molecule has 47 heavy (non-hydrogen) atoms. The SMILES string of the molecule is CNC(=O)c1c(-c2ccc(F)cc2)oc2cc(N(CCO)S(C)(=O)=O)c(-c3ccc(OC)c(-c4nc5c(F)cc(F)cc5o4)c3)cc12. The number of carbonyl (C=O) groups is 1. The van der Waals surface area contributed by atoms with Gasteiger partial charge in [-0.3, -0.25) is 9.10 Å². The van der Waals surface area contributed by atoms with Crippen LogP contribution in [0.2, 0.25) is 0 Å².